The molecule has 1 rings (SSSR count). The lowest BCUT2D eigenvalue weighted by molar-refractivity contribution is -0.134. The van der Waals surface area contributed by atoms with Crippen LogP contribution >= 0.6 is 0 Å². The number of anilines is 1. The fourth-order valence-corrected chi connectivity index (χ4v) is 1.12. The van der Waals surface area contributed by atoms with Crippen LogP contribution < -0.4 is 10.2 Å². The number of nitrogens with zero attached hydrogens (tertiary/aromatic N) is 1. The molecule has 0 atom stereocenters. The van der Waals surface area contributed by atoms with Gasteiger partial charge in [0, 0.05) is 0 Å². The second-order valence-corrected chi connectivity index (χ2v) is 3.25. The summed E-state index contributed by atoms with van der Waals surface area (Å²) in [7, 11) is 0. The van der Waals surface area contributed by atoms with E-state index in [9.17, 15) is 4.79 Å². The third-order valence-corrected chi connectivity index (χ3v) is 1.87. The molecule has 0 heterocycles. The number of carbonyl (C=O) groups excluding carboxylic acids is 1. The minimum Gasteiger partial charge on any atom is -0.490 e. The lowest BCUT2D eigenvalue weighted by Crippen LogP contribution is -2.06. The van der Waals surface area contributed by atoms with Gasteiger partial charge in [-0.05, 0) is 31.2 Å². The number of hydrazone groups is 1. The summed E-state index contributed by atoms with van der Waals surface area (Å²) in [5, 5.41) is 3.75. The van der Waals surface area contributed by atoms with Gasteiger partial charge in [0.15, 0.2) is 0 Å². The summed E-state index contributed by atoms with van der Waals surface area (Å²) >= 11 is 0. The Balaban J connectivity index is 2.43. The Morgan fingerprint density at radius 2 is 2.17 bits per heavy atom. The van der Waals surface area contributed by atoms with Crippen LogP contribution in [0.4, 0.5) is 5.69 Å². The van der Waals surface area contributed by atoms with E-state index in [0.717, 1.165) is 17.7 Å². The Kier molecular flexibility index (Phi) is 6.03. The molecule has 0 spiro atoms. The van der Waals surface area contributed by atoms with Gasteiger partial charge >= 0.3 is 5.97 Å². The van der Waals surface area contributed by atoms with Crippen molar-refractivity contribution in [2.24, 2.45) is 5.10 Å². The second-order valence-electron chi connectivity index (χ2n) is 3.25. The molecule has 0 radical (unpaired) electrons. The van der Waals surface area contributed by atoms with Gasteiger partial charge in [0.2, 0.25) is 0 Å². The van der Waals surface area contributed by atoms with E-state index < -0.39 is 5.97 Å². The van der Waals surface area contributed by atoms with Crippen molar-refractivity contribution in [2.75, 3.05) is 18.6 Å². The van der Waals surface area contributed by atoms with Crippen LogP contribution in [0, 0.1) is 0 Å². The van der Waals surface area contributed by atoms with Crippen molar-refractivity contribution < 1.29 is 14.3 Å². The number of carbonyl (C=O) groups is 1. The van der Waals surface area contributed by atoms with Gasteiger partial charge in [-0.1, -0.05) is 12.7 Å². The maximum Gasteiger partial charge on any atom is 0.351 e. The quantitative estimate of drug-likeness (QED) is 0.348. The van der Waals surface area contributed by atoms with Gasteiger partial charge in [-0.25, -0.2) is 4.79 Å². The molecule has 5 heteroatoms. The summed E-state index contributed by atoms with van der Waals surface area (Å²) < 4.78 is 10.0. The maximum atomic E-state index is 11.0. The average molecular weight is 248 g/mol. The molecule has 1 aromatic rings. The van der Waals surface area contributed by atoms with Gasteiger partial charge in [0.25, 0.3) is 0 Å². The number of ether oxygens (including phenoxy) is 2. The fourth-order valence-electron chi connectivity index (χ4n) is 1.12. The lowest BCUT2D eigenvalue weighted by atomic mass is 10.3. The zero-order valence-electron chi connectivity index (χ0n) is 10.3. The molecule has 0 aliphatic rings. The van der Waals surface area contributed by atoms with Gasteiger partial charge in [-0.3, -0.25) is 5.43 Å². The molecule has 18 heavy (non-hydrogen) atoms. The van der Waals surface area contributed by atoms with E-state index >= 15 is 0 Å². The first-order chi connectivity index (χ1) is 8.76. The molecule has 0 saturated carbocycles. The lowest BCUT2D eigenvalue weighted by Gasteiger charge is -2.04. The van der Waals surface area contributed by atoms with Crippen LogP contribution in [0.25, 0.3) is 0 Å². The van der Waals surface area contributed by atoms with Crippen LogP contribution in [0.5, 0.6) is 5.75 Å². The van der Waals surface area contributed by atoms with Crippen LogP contribution in [0.2, 0.25) is 0 Å². The summed E-state index contributed by atoms with van der Waals surface area (Å²) in [5.74, 6) is 0.269. The third kappa shape index (κ3) is 5.16. The molecule has 0 aromatic heterocycles. The molecule has 1 aromatic carbocycles. The highest BCUT2D eigenvalue weighted by atomic mass is 16.5. The molecule has 0 aliphatic carbocycles. The highest BCUT2D eigenvalue weighted by molar-refractivity contribution is 6.23. The molecule has 0 saturated heterocycles. The molecule has 0 bridgehead atoms. The standard InChI is InChI=1S/C13H16N2O3/c1-3-9-18-12-7-5-11(6-8-12)15-14-10-13(16)17-4-2/h3,5-8,10,15H,1,4,9H2,2H3/b14-10-. The number of rotatable bonds is 7. The summed E-state index contributed by atoms with van der Waals surface area (Å²) in [6, 6.07) is 7.18. The second kappa shape index (κ2) is 7.89. The van der Waals surface area contributed by atoms with E-state index in [1.807, 2.05) is 0 Å². The number of hydrogen-bond donors (Lipinski definition) is 1. The molecular weight excluding hydrogens is 232 g/mol. The summed E-state index contributed by atoms with van der Waals surface area (Å²) in [4.78, 5) is 11.0. The van der Waals surface area contributed by atoms with Crippen LogP contribution in [0.15, 0.2) is 42.0 Å². The predicted molar refractivity (Wildman–Crippen MR) is 70.9 cm³/mol. The monoisotopic (exact) mass is 248 g/mol. The first-order valence-electron chi connectivity index (χ1n) is 5.56. The smallest absolute Gasteiger partial charge is 0.351 e. The molecule has 96 valence electrons. The Morgan fingerprint density at radius 3 is 2.78 bits per heavy atom. The highest BCUT2D eigenvalue weighted by Gasteiger charge is 1.95. The number of nitrogens with one attached hydrogen (secondary N) is 1. The van der Waals surface area contributed by atoms with Gasteiger partial charge in [0.05, 0.1) is 12.3 Å². The van der Waals surface area contributed by atoms with Gasteiger partial charge in [-0.2, -0.15) is 5.10 Å². The molecule has 1 N–H and O–H groups in total. The van der Waals surface area contributed by atoms with E-state index in [1.54, 1.807) is 37.3 Å². The minimum absolute atomic E-state index is 0.334. The number of benzene rings is 1. The van der Waals surface area contributed by atoms with E-state index in [1.165, 1.54) is 0 Å². The van der Waals surface area contributed by atoms with Crippen molar-refractivity contribution in [3.63, 3.8) is 0 Å². The fraction of sp³-hybridized carbons (Fsp3) is 0.231. The van der Waals surface area contributed by atoms with Crippen molar-refractivity contribution in [1.82, 2.24) is 0 Å². The maximum absolute atomic E-state index is 11.0. The van der Waals surface area contributed by atoms with E-state index in [-0.39, 0.29) is 0 Å². The molecule has 0 amide bonds. The first kappa shape index (κ1) is 13.8. The zero-order chi connectivity index (χ0) is 13.2. The van der Waals surface area contributed by atoms with Crippen molar-refractivity contribution in [1.29, 1.82) is 0 Å². The Bertz CT molecular complexity index is 413. The summed E-state index contributed by atoms with van der Waals surface area (Å²) in [6.45, 7) is 6.10. The molecule has 0 fully saturated rings. The third-order valence-electron chi connectivity index (χ3n) is 1.87. The Hall–Kier alpha value is -2.30. The van der Waals surface area contributed by atoms with E-state index in [0.29, 0.717) is 13.2 Å². The largest absolute Gasteiger partial charge is 0.490 e. The van der Waals surface area contributed by atoms with Crippen molar-refractivity contribution in [2.45, 2.75) is 6.92 Å². The minimum atomic E-state index is -0.476. The van der Waals surface area contributed by atoms with Crippen LogP contribution in [-0.4, -0.2) is 25.4 Å². The van der Waals surface area contributed by atoms with Crippen molar-refractivity contribution in [3.05, 3.63) is 36.9 Å². The van der Waals surface area contributed by atoms with E-state index in [4.69, 9.17) is 4.74 Å². The molecule has 0 unspecified atom stereocenters. The average Bonchev–Trinajstić information content (AvgIpc) is 2.38. The SMILES string of the molecule is C=CCOc1ccc(N/N=C\C(=O)OCC)cc1. The zero-order valence-corrected chi connectivity index (χ0v) is 10.3. The van der Waals surface area contributed by atoms with E-state index in [2.05, 4.69) is 21.8 Å². The number of esters is 1. The van der Waals surface area contributed by atoms with Gasteiger partial charge < -0.3 is 9.47 Å². The first-order valence-corrected chi connectivity index (χ1v) is 5.56. The van der Waals surface area contributed by atoms with Gasteiger partial charge in [0.1, 0.15) is 18.6 Å². The summed E-state index contributed by atoms with van der Waals surface area (Å²) in [5.41, 5.74) is 3.46. The van der Waals surface area contributed by atoms with Crippen molar-refractivity contribution in [3.8, 4) is 5.75 Å². The predicted octanol–water partition coefficient (Wildman–Crippen LogP) is 2.21. The molecular formula is C13H16N2O3. The molecule has 5 nitrogen and oxygen atoms in total. The van der Waals surface area contributed by atoms with Crippen LogP contribution in [-0.2, 0) is 9.53 Å². The van der Waals surface area contributed by atoms with Crippen LogP contribution in [0.1, 0.15) is 6.92 Å². The molecule has 0 aliphatic heterocycles. The number of hydrogen-bond acceptors (Lipinski definition) is 5. The topological polar surface area (TPSA) is 59.9 Å². The van der Waals surface area contributed by atoms with Crippen LogP contribution in [0.3, 0.4) is 0 Å². The normalized spacial score (nSPS) is 10.1. The van der Waals surface area contributed by atoms with Gasteiger partial charge in [-0.15, -0.1) is 0 Å². The Labute approximate surface area is 106 Å². The highest BCUT2D eigenvalue weighted by Crippen LogP contribution is 2.15. The van der Waals surface area contributed by atoms with Crippen molar-refractivity contribution >= 4 is 17.9 Å². The summed E-state index contributed by atoms with van der Waals surface area (Å²) in [6.07, 6.45) is 2.77. The Morgan fingerprint density at radius 1 is 1.44 bits per heavy atom.